The molecule has 0 unspecified atom stereocenters. The van der Waals surface area contributed by atoms with E-state index < -0.39 is 5.67 Å². The molecule has 1 radical (unpaired) electrons. The topological polar surface area (TPSA) is 0 Å². The van der Waals surface area contributed by atoms with E-state index in [9.17, 15) is 4.39 Å². The summed E-state index contributed by atoms with van der Waals surface area (Å²) in [6, 6.07) is 0. The Hall–Kier alpha value is -0.0700. The monoisotopic (exact) mass is 103 g/mol. The Bertz CT molecular complexity index is 42.6. The van der Waals surface area contributed by atoms with Gasteiger partial charge in [-0.05, 0) is 20.3 Å². The van der Waals surface area contributed by atoms with E-state index in [0.717, 1.165) is 0 Å². The molecule has 43 valence electrons. The van der Waals surface area contributed by atoms with Crippen molar-refractivity contribution in [2.75, 3.05) is 0 Å². The van der Waals surface area contributed by atoms with E-state index in [1.807, 2.05) is 0 Å². The largest absolute Gasteiger partial charge is 0.245 e. The molecule has 0 aromatic rings. The minimum atomic E-state index is -1.01. The van der Waals surface area contributed by atoms with E-state index in [1.54, 1.807) is 13.8 Å². The van der Waals surface area contributed by atoms with Crippen molar-refractivity contribution in [2.45, 2.75) is 32.4 Å². The third kappa shape index (κ3) is 5.93. The van der Waals surface area contributed by atoms with Crippen LogP contribution in [0, 0.1) is 6.92 Å². The van der Waals surface area contributed by atoms with Crippen LogP contribution in [-0.2, 0) is 0 Å². The molecule has 0 aliphatic rings. The third-order valence-corrected chi connectivity index (χ3v) is 0.771. The Labute approximate surface area is 44.7 Å². The highest BCUT2D eigenvalue weighted by atomic mass is 19.1. The van der Waals surface area contributed by atoms with Crippen molar-refractivity contribution in [1.29, 1.82) is 0 Å². The summed E-state index contributed by atoms with van der Waals surface area (Å²) >= 11 is 0. The van der Waals surface area contributed by atoms with E-state index >= 15 is 0 Å². The van der Waals surface area contributed by atoms with Gasteiger partial charge in [0, 0.05) is 0 Å². The van der Waals surface area contributed by atoms with Crippen LogP contribution >= 0.6 is 0 Å². The van der Waals surface area contributed by atoms with Crippen LogP contribution in [0.5, 0.6) is 0 Å². The molecule has 0 atom stereocenters. The standard InChI is InChI=1S/C6H12F/c1-4-5-6(2,3)7/h1,4-5H2,2-3H3. The summed E-state index contributed by atoms with van der Waals surface area (Å²) < 4.78 is 12.3. The molecule has 7 heavy (non-hydrogen) atoms. The first-order valence-electron chi connectivity index (χ1n) is 2.54. The second-order valence-corrected chi connectivity index (χ2v) is 2.32. The Balaban J connectivity index is 3.15. The van der Waals surface area contributed by atoms with Gasteiger partial charge in [-0.15, -0.1) is 0 Å². The van der Waals surface area contributed by atoms with Crippen LogP contribution < -0.4 is 0 Å². The number of rotatable bonds is 2. The summed E-state index contributed by atoms with van der Waals surface area (Å²) in [4.78, 5) is 0. The summed E-state index contributed by atoms with van der Waals surface area (Å²) in [7, 11) is 0. The second-order valence-electron chi connectivity index (χ2n) is 2.32. The first kappa shape index (κ1) is 6.93. The molecule has 0 aromatic carbocycles. The van der Waals surface area contributed by atoms with E-state index in [-0.39, 0.29) is 0 Å². The van der Waals surface area contributed by atoms with Crippen LogP contribution in [0.4, 0.5) is 4.39 Å². The van der Waals surface area contributed by atoms with Gasteiger partial charge in [-0.2, -0.15) is 0 Å². The Kier molecular flexibility index (Phi) is 2.27. The molecule has 0 spiro atoms. The first-order valence-corrected chi connectivity index (χ1v) is 2.54. The Morgan fingerprint density at radius 1 is 1.57 bits per heavy atom. The van der Waals surface area contributed by atoms with Crippen molar-refractivity contribution < 1.29 is 4.39 Å². The lowest BCUT2D eigenvalue weighted by molar-refractivity contribution is 0.203. The molecule has 0 bridgehead atoms. The maximum atomic E-state index is 12.3. The van der Waals surface area contributed by atoms with Gasteiger partial charge >= 0.3 is 0 Å². The fourth-order valence-corrected chi connectivity index (χ4v) is 0.420. The summed E-state index contributed by atoms with van der Waals surface area (Å²) in [6.45, 7) is 6.67. The van der Waals surface area contributed by atoms with E-state index in [0.29, 0.717) is 12.8 Å². The van der Waals surface area contributed by atoms with Crippen LogP contribution in [-0.4, -0.2) is 5.67 Å². The van der Waals surface area contributed by atoms with E-state index in [1.165, 1.54) is 0 Å². The van der Waals surface area contributed by atoms with E-state index in [4.69, 9.17) is 0 Å². The quantitative estimate of drug-likeness (QED) is 0.503. The molecule has 0 aliphatic heterocycles. The average Bonchev–Trinajstić information content (AvgIpc) is 1.30. The molecule has 0 heterocycles. The SMILES string of the molecule is [CH2]CCC(C)(C)F. The Morgan fingerprint density at radius 2 is 2.00 bits per heavy atom. The highest BCUT2D eigenvalue weighted by Gasteiger charge is 2.11. The zero-order chi connectivity index (χ0) is 5.91. The number of alkyl halides is 1. The van der Waals surface area contributed by atoms with Gasteiger partial charge in [0.2, 0.25) is 0 Å². The molecule has 1 heteroatoms. The summed E-state index contributed by atoms with van der Waals surface area (Å²) in [5.41, 5.74) is -1.01. The molecular weight excluding hydrogens is 91.1 g/mol. The summed E-state index contributed by atoms with van der Waals surface area (Å²) in [6.07, 6.45) is 1.25. The predicted octanol–water partition coefficient (Wildman–Crippen LogP) is 2.35. The number of halogens is 1. The maximum absolute atomic E-state index is 12.3. The molecule has 0 aromatic heterocycles. The van der Waals surface area contributed by atoms with Gasteiger partial charge < -0.3 is 0 Å². The summed E-state index contributed by atoms with van der Waals surface area (Å²) in [5.74, 6) is 0. The highest BCUT2D eigenvalue weighted by Crippen LogP contribution is 2.14. The van der Waals surface area contributed by atoms with Gasteiger partial charge in [0.1, 0.15) is 5.67 Å². The lowest BCUT2D eigenvalue weighted by atomic mass is 10.1. The van der Waals surface area contributed by atoms with Gasteiger partial charge in [0.15, 0.2) is 0 Å². The molecule has 0 rings (SSSR count). The zero-order valence-corrected chi connectivity index (χ0v) is 5.00. The van der Waals surface area contributed by atoms with Gasteiger partial charge in [-0.1, -0.05) is 13.3 Å². The van der Waals surface area contributed by atoms with Crippen LogP contribution in [0.3, 0.4) is 0 Å². The average molecular weight is 103 g/mol. The first-order chi connectivity index (χ1) is 3.06. The van der Waals surface area contributed by atoms with Crippen molar-refractivity contribution in [3.8, 4) is 0 Å². The van der Waals surface area contributed by atoms with Crippen LogP contribution in [0.15, 0.2) is 0 Å². The fourth-order valence-electron chi connectivity index (χ4n) is 0.420. The highest BCUT2D eigenvalue weighted by molar-refractivity contribution is 4.65. The van der Waals surface area contributed by atoms with Gasteiger partial charge in [-0.3, -0.25) is 0 Å². The Morgan fingerprint density at radius 3 is 2.00 bits per heavy atom. The van der Waals surface area contributed by atoms with E-state index in [2.05, 4.69) is 6.92 Å². The van der Waals surface area contributed by atoms with Gasteiger partial charge in [-0.25, -0.2) is 4.39 Å². The number of hydrogen-bond donors (Lipinski definition) is 0. The molecule has 0 aliphatic carbocycles. The fraction of sp³-hybridized carbons (Fsp3) is 0.833. The molecule has 0 nitrogen and oxygen atoms in total. The minimum Gasteiger partial charge on any atom is -0.245 e. The molecular formula is C6H12F. The molecule has 0 N–H and O–H groups in total. The van der Waals surface area contributed by atoms with Crippen LogP contribution in [0.1, 0.15) is 26.7 Å². The van der Waals surface area contributed by atoms with Crippen molar-refractivity contribution in [2.24, 2.45) is 0 Å². The molecule has 0 saturated carbocycles. The van der Waals surface area contributed by atoms with Crippen LogP contribution in [0.2, 0.25) is 0 Å². The maximum Gasteiger partial charge on any atom is 0.105 e. The van der Waals surface area contributed by atoms with Gasteiger partial charge in [0.25, 0.3) is 0 Å². The smallest absolute Gasteiger partial charge is 0.105 e. The normalized spacial score (nSPS) is 12.0. The lowest BCUT2D eigenvalue weighted by Crippen LogP contribution is -2.09. The van der Waals surface area contributed by atoms with Crippen molar-refractivity contribution in [1.82, 2.24) is 0 Å². The van der Waals surface area contributed by atoms with Crippen LogP contribution in [0.25, 0.3) is 0 Å². The molecule has 0 amide bonds. The van der Waals surface area contributed by atoms with Crippen molar-refractivity contribution in [3.63, 3.8) is 0 Å². The second kappa shape index (κ2) is 2.29. The third-order valence-electron chi connectivity index (χ3n) is 0.771. The number of hydrogen-bond acceptors (Lipinski definition) is 0. The summed E-state index contributed by atoms with van der Waals surface area (Å²) in [5, 5.41) is 0. The minimum absolute atomic E-state index is 0.562. The lowest BCUT2D eigenvalue weighted by Gasteiger charge is -2.10. The van der Waals surface area contributed by atoms with Gasteiger partial charge in [0.05, 0.1) is 0 Å². The van der Waals surface area contributed by atoms with Crippen molar-refractivity contribution >= 4 is 0 Å². The van der Waals surface area contributed by atoms with Crippen molar-refractivity contribution in [3.05, 3.63) is 6.92 Å². The molecule has 0 saturated heterocycles. The predicted molar refractivity (Wildman–Crippen MR) is 29.8 cm³/mol. The zero-order valence-electron chi connectivity index (χ0n) is 5.00. The molecule has 0 fully saturated rings.